The Morgan fingerprint density at radius 2 is 2.17 bits per heavy atom. The molecule has 2 aliphatic rings. The predicted molar refractivity (Wildman–Crippen MR) is 72.4 cm³/mol. The summed E-state index contributed by atoms with van der Waals surface area (Å²) in [6, 6.07) is 6.97. The second kappa shape index (κ2) is 4.25. The number of nitrogens with two attached hydrogens (primary N) is 1. The van der Waals surface area contributed by atoms with Crippen molar-refractivity contribution in [3.05, 3.63) is 29.3 Å². The lowest BCUT2D eigenvalue weighted by Gasteiger charge is -2.32. The third-order valence-corrected chi connectivity index (χ3v) is 4.25. The highest BCUT2D eigenvalue weighted by Gasteiger charge is 2.33. The van der Waals surface area contributed by atoms with E-state index in [2.05, 4.69) is 32.0 Å². The summed E-state index contributed by atoms with van der Waals surface area (Å²) in [5, 5.41) is 1.99. The normalized spacial score (nSPS) is 26.7. The van der Waals surface area contributed by atoms with Gasteiger partial charge in [0.15, 0.2) is 0 Å². The Kier molecular flexibility index (Phi) is 2.83. The molecule has 0 spiro atoms. The largest absolute Gasteiger partial charge is 0.492 e. The lowest BCUT2D eigenvalue weighted by atomic mass is 9.84. The summed E-state index contributed by atoms with van der Waals surface area (Å²) in [5.74, 6) is 7.17. The van der Waals surface area contributed by atoms with E-state index >= 15 is 0 Å². The van der Waals surface area contributed by atoms with Gasteiger partial charge in [0.2, 0.25) is 0 Å². The van der Waals surface area contributed by atoms with Crippen LogP contribution in [0.15, 0.2) is 18.2 Å². The molecule has 1 aromatic carbocycles. The summed E-state index contributed by atoms with van der Waals surface area (Å²) in [6.45, 7) is 6.26. The van der Waals surface area contributed by atoms with Gasteiger partial charge < -0.3 is 4.74 Å². The molecule has 3 heteroatoms. The Labute approximate surface area is 109 Å². The summed E-state index contributed by atoms with van der Waals surface area (Å²) in [6.07, 6.45) is 3.65. The summed E-state index contributed by atoms with van der Waals surface area (Å²) in [7, 11) is 0. The Hall–Kier alpha value is -1.06. The number of nitrogens with zero attached hydrogens (tertiary/aromatic N) is 1. The number of fused-ring (bicyclic) bond motifs is 1. The Balaban J connectivity index is 1.95. The van der Waals surface area contributed by atoms with Crippen molar-refractivity contribution in [1.29, 1.82) is 0 Å². The first-order valence-corrected chi connectivity index (χ1v) is 6.86. The van der Waals surface area contributed by atoms with E-state index in [0.717, 1.165) is 25.3 Å². The predicted octanol–water partition coefficient (Wildman–Crippen LogP) is 2.76. The fourth-order valence-corrected chi connectivity index (χ4v) is 3.06. The van der Waals surface area contributed by atoms with Gasteiger partial charge in [0.25, 0.3) is 0 Å². The molecule has 3 nitrogen and oxygen atoms in total. The van der Waals surface area contributed by atoms with E-state index in [-0.39, 0.29) is 5.41 Å². The van der Waals surface area contributed by atoms with E-state index in [9.17, 15) is 0 Å². The van der Waals surface area contributed by atoms with E-state index in [4.69, 9.17) is 10.6 Å². The zero-order valence-corrected chi connectivity index (χ0v) is 11.3. The first-order chi connectivity index (χ1) is 8.58. The van der Waals surface area contributed by atoms with Crippen molar-refractivity contribution in [2.24, 2.45) is 5.84 Å². The van der Waals surface area contributed by atoms with Gasteiger partial charge in [0, 0.05) is 23.6 Å². The molecule has 3 rings (SSSR count). The van der Waals surface area contributed by atoms with Crippen LogP contribution in [-0.4, -0.2) is 18.2 Å². The second-order valence-electron chi connectivity index (χ2n) is 6.18. The van der Waals surface area contributed by atoms with Crippen LogP contribution in [0.3, 0.4) is 0 Å². The molecule has 2 N–H and O–H groups in total. The van der Waals surface area contributed by atoms with Crippen molar-refractivity contribution in [1.82, 2.24) is 5.01 Å². The highest BCUT2D eigenvalue weighted by atomic mass is 16.5. The zero-order chi connectivity index (χ0) is 12.8. The zero-order valence-electron chi connectivity index (χ0n) is 11.3. The minimum Gasteiger partial charge on any atom is -0.492 e. The van der Waals surface area contributed by atoms with Crippen LogP contribution in [0.4, 0.5) is 0 Å². The maximum atomic E-state index is 6.13. The van der Waals surface area contributed by atoms with E-state index in [1.54, 1.807) is 0 Å². The average Bonchev–Trinajstić information content (AvgIpc) is 2.66. The molecule has 0 radical (unpaired) electrons. The Bertz CT molecular complexity index is 456. The molecular formula is C15H22N2O. The molecule has 2 heterocycles. The monoisotopic (exact) mass is 246 g/mol. The van der Waals surface area contributed by atoms with E-state index in [1.165, 1.54) is 24.0 Å². The van der Waals surface area contributed by atoms with Crippen LogP contribution in [0, 0.1) is 0 Å². The number of piperidine rings is 1. The first-order valence-electron chi connectivity index (χ1n) is 6.86. The van der Waals surface area contributed by atoms with Crippen LogP contribution in [0.5, 0.6) is 5.75 Å². The van der Waals surface area contributed by atoms with Gasteiger partial charge in [-0.05, 0) is 30.5 Å². The summed E-state index contributed by atoms with van der Waals surface area (Å²) < 4.78 is 5.74. The third kappa shape index (κ3) is 1.91. The maximum absolute atomic E-state index is 6.13. The van der Waals surface area contributed by atoms with Crippen LogP contribution in [0.25, 0.3) is 0 Å². The van der Waals surface area contributed by atoms with Crippen molar-refractivity contribution in [2.75, 3.05) is 13.2 Å². The molecule has 1 saturated heterocycles. The molecule has 1 unspecified atom stereocenters. The van der Waals surface area contributed by atoms with Crippen molar-refractivity contribution >= 4 is 0 Å². The van der Waals surface area contributed by atoms with Gasteiger partial charge in [-0.25, -0.2) is 5.01 Å². The van der Waals surface area contributed by atoms with Gasteiger partial charge in [-0.2, -0.15) is 0 Å². The SMILES string of the molecule is CC1(C)COc2ccc(C3CCCCN3N)cc21. The van der Waals surface area contributed by atoms with Gasteiger partial charge in [-0.15, -0.1) is 0 Å². The van der Waals surface area contributed by atoms with E-state index in [0.29, 0.717) is 6.04 Å². The van der Waals surface area contributed by atoms with Crippen LogP contribution in [0.1, 0.15) is 50.3 Å². The molecule has 0 aromatic heterocycles. The molecule has 0 saturated carbocycles. The molecule has 1 aromatic rings. The van der Waals surface area contributed by atoms with E-state index in [1.807, 2.05) is 5.01 Å². The first kappa shape index (κ1) is 12.0. The highest BCUT2D eigenvalue weighted by molar-refractivity contribution is 5.45. The van der Waals surface area contributed by atoms with Crippen molar-refractivity contribution in [3.8, 4) is 5.75 Å². The number of hydrogen-bond donors (Lipinski definition) is 1. The minimum atomic E-state index is 0.124. The number of hydrazine groups is 1. The minimum absolute atomic E-state index is 0.124. The van der Waals surface area contributed by atoms with Gasteiger partial charge in [-0.3, -0.25) is 5.84 Å². The van der Waals surface area contributed by atoms with Crippen LogP contribution in [-0.2, 0) is 5.41 Å². The second-order valence-corrected chi connectivity index (χ2v) is 6.18. The molecule has 18 heavy (non-hydrogen) atoms. The van der Waals surface area contributed by atoms with Gasteiger partial charge in [0.05, 0.1) is 6.61 Å². The average molecular weight is 246 g/mol. The summed E-state index contributed by atoms with van der Waals surface area (Å²) >= 11 is 0. The van der Waals surface area contributed by atoms with Gasteiger partial charge >= 0.3 is 0 Å². The molecule has 1 fully saturated rings. The quantitative estimate of drug-likeness (QED) is 0.774. The van der Waals surface area contributed by atoms with Crippen molar-refractivity contribution in [2.45, 2.75) is 44.6 Å². The maximum Gasteiger partial charge on any atom is 0.123 e. The fourth-order valence-electron chi connectivity index (χ4n) is 3.06. The van der Waals surface area contributed by atoms with Crippen molar-refractivity contribution < 1.29 is 4.74 Å². The third-order valence-electron chi connectivity index (χ3n) is 4.25. The molecule has 98 valence electrons. The standard InChI is InChI=1S/C15H22N2O/c1-15(2)10-18-14-7-6-11(9-12(14)15)13-5-3-4-8-17(13)16/h6-7,9,13H,3-5,8,10,16H2,1-2H3. The van der Waals surface area contributed by atoms with Crippen LogP contribution < -0.4 is 10.6 Å². The smallest absolute Gasteiger partial charge is 0.123 e. The number of hydrogen-bond acceptors (Lipinski definition) is 3. The molecule has 1 atom stereocenters. The molecular weight excluding hydrogens is 224 g/mol. The highest BCUT2D eigenvalue weighted by Crippen LogP contribution is 2.41. The topological polar surface area (TPSA) is 38.5 Å². The lowest BCUT2D eigenvalue weighted by molar-refractivity contribution is 0.151. The van der Waals surface area contributed by atoms with Gasteiger partial charge in [-0.1, -0.05) is 26.3 Å². The van der Waals surface area contributed by atoms with Gasteiger partial charge in [0.1, 0.15) is 5.75 Å². The molecule has 0 bridgehead atoms. The number of benzene rings is 1. The molecule has 0 aliphatic carbocycles. The van der Waals surface area contributed by atoms with Crippen LogP contribution in [0.2, 0.25) is 0 Å². The summed E-state index contributed by atoms with van der Waals surface area (Å²) in [5.41, 5.74) is 2.80. The fraction of sp³-hybridized carbons (Fsp3) is 0.600. The Morgan fingerprint density at radius 1 is 1.33 bits per heavy atom. The van der Waals surface area contributed by atoms with Crippen LogP contribution >= 0.6 is 0 Å². The molecule has 0 amide bonds. The van der Waals surface area contributed by atoms with Crippen molar-refractivity contribution in [3.63, 3.8) is 0 Å². The lowest BCUT2D eigenvalue weighted by Crippen LogP contribution is -2.38. The summed E-state index contributed by atoms with van der Waals surface area (Å²) in [4.78, 5) is 0. The number of rotatable bonds is 1. The number of ether oxygens (including phenoxy) is 1. The molecule has 2 aliphatic heterocycles. The van der Waals surface area contributed by atoms with E-state index < -0.39 is 0 Å². The Morgan fingerprint density at radius 3 is 2.94 bits per heavy atom.